The van der Waals surface area contributed by atoms with Gasteiger partial charge in [-0.15, -0.1) is 0 Å². The lowest BCUT2D eigenvalue weighted by molar-refractivity contribution is 0.0311. The summed E-state index contributed by atoms with van der Waals surface area (Å²) >= 11 is 8.73. The molecule has 1 aliphatic carbocycles. The maximum absolute atomic E-state index is 13.4. The summed E-state index contributed by atoms with van der Waals surface area (Å²) in [5.74, 6) is 2.07. The van der Waals surface area contributed by atoms with Crippen LogP contribution in [0.1, 0.15) is 87.3 Å². The van der Waals surface area contributed by atoms with E-state index in [2.05, 4.69) is 14.6 Å². The van der Waals surface area contributed by atoms with Gasteiger partial charge in [0.2, 0.25) is 10.0 Å². The van der Waals surface area contributed by atoms with Gasteiger partial charge in [-0.2, -0.15) is 11.8 Å². The van der Waals surface area contributed by atoms with Crippen molar-refractivity contribution in [2.24, 2.45) is 5.92 Å². The van der Waals surface area contributed by atoms with Gasteiger partial charge in [0.15, 0.2) is 0 Å². The molecule has 0 atom stereocenters. The SMILES string of the molecule is Cc1c(S(=O)(=O)NC(C)(C)C)ccc(-c2cc(C(=O)NCC3(O)CCSCC3)c(C)n2CC2CCCCC2)c1Cl. The second-order valence-corrected chi connectivity index (χ2v) is 15.8. The lowest BCUT2D eigenvalue weighted by Crippen LogP contribution is -2.45. The van der Waals surface area contributed by atoms with Crippen molar-refractivity contribution in [3.63, 3.8) is 0 Å². The van der Waals surface area contributed by atoms with Crippen LogP contribution in [0.3, 0.4) is 0 Å². The quantitative estimate of drug-likeness (QED) is 0.337. The number of rotatable bonds is 8. The standard InChI is InChI=1S/C30H44ClN3O4S2/c1-20-26(40(37,38)33-29(3,4)5)12-11-23(27(20)31)25-17-24(21(2)34(25)18-22-9-7-6-8-10-22)28(35)32-19-30(36)13-15-39-16-14-30/h11-12,17,22,33,36H,6-10,13-16,18-19H2,1-5H3,(H,32,35). The highest BCUT2D eigenvalue weighted by Gasteiger charge is 2.31. The minimum Gasteiger partial charge on any atom is -0.388 e. The van der Waals surface area contributed by atoms with Crippen LogP contribution in [0.25, 0.3) is 11.3 Å². The molecule has 7 nitrogen and oxygen atoms in total. The van der Waals surface area contributed by atoms with E-state index in [0.29, 0.717) is 40.5 Å². The first-order valence-electron chi connectivity index (χ1n) is 14.3. The summed E-state index contributed by atoms with van der Waals surface area (Å²) in [4.78, 5) is 13.6. The van der Waals surface area contributed by atoms with Crippen LogP contribution in [0.15, 0.2) is 23.1 Å². The Morgan fingerprint density at radius 2 is 1.80 bits per heavy atom. The van der Waals surface area contributed by atoms with Gasteiger partial charge in [-0.05, 0) is 95.4 Å². The van der Waals surface area contributed by atoms with Gasteiger partial charge in [0.25, 0.3) is 5.91 Å². The van der Waals surface area contributed by atoms with E-state index in [1.54, 1.807) is 39.8 Å². The first-order chi connectivity index (χ1) is 18.7. The fourth-order valence-electron chi connectivity index (χ4n) is 5.84. The number of carbonyl (C=O) groups is 1. The lowest BCUT2D eigenvalue weighted by atomic mass is 9.89. The van der Waals surface area contributed by atoms with Gasteiger partial charge in [0, 0.05) is 29.9 Å². The Labute approximate surface area is 248 Å². The molecule has 2 heterocycles. The van der Waals surface area contributed by atoms with Crippen molar-refractivity contribution in [2.75, 3.05) is 18.1 Å². The molecule has 0 spiro atoms. The third-order valence-electron chi connectivity index (χ3n) is 8.12. The van der Waals surface area contributed by atoms with E-state index in [0.717, 1.165) is 42.3 Å². The average Bonchev–Trinajstić information content (AvgIpc) is 3.19. The smallest absolute Gasteiger partial charge is 0.253 e. The van der Waals surface area contributed by atoms with Crippen LogP contribution in [0.5, 0.6) is 0 Å². The monoisotopic (exact) mass is 609 g/mol. The summed E-state index contributed by atoms with van der Waals surface area (Å²) in [6, 6.07) is 5.23. The van der Waals surface area contributed by atoms with E-state index in [4.69, 9.17) is 11.6 Å². The van der Waals surface area contributed by atoms with Gasteiger partial charge in [0.05, 0.1) is 26.8 Å². The minimum atomic E-state index is -3.77. The molecule has 1 saturated carbocycles. The van der Waals surface area contributed by atoms with E-state index in [1.165, 1.54) is 19.3 Å². The molecule has 4 rings (SSSR count). The molecule has 1 saturated heterocycles. The molecule has 222 valence electrons. The van der Waals surface area contributed by atoms with Crippen molar-refractivity contribution >= 4 is 39.3 Å². The van der Waals surface area contributed by atoms with Crippen LogP contribution < -0.4 is 10.0 Å². The molecule has 2 fully saturated rings. The Morgan fingerprint density at radius 3 is 2.42 bits per heavy atom. The van der Waals surface area contributed by atoms with Crippen molar-refractivity contribution in [2.45, 2.75) is 102 Å². The molecule has 1 aromatic carbocycles. The Bertz CT molecular complexity index is 1340. The van der Waals surface area contributed by atoms with Crippen LogP contribution in [-0.4, -0.2) is 53.2 Å². The first-order valence-corrected chi connectivity index (χ1v) is 17.3. The molecule has 2 aromatic rings. The molecule has 0 unspecified atom stereocenters. The van der Waals surface area contributed by atoms with Gasteiger partial charge in [-0.25, -0.2) is 13.1 Å². The Morgan fingerprint density at radius 1 is 1.15 bits per heavy atom. The zero-order valence-corrected chi connectivity index (χ0v) is 26.8. The average molecular weight is 610 g/mol. The van der Waals surface area contributed by atoms with Crippen molar-refractivity contribution in [3.05, 3.63) is 40.0 Å². The predicted octanol–water partition coefficient (Wildman–Crippen LogP) is 6.07. The number of nitrogens with zero attached hydrogens (tertiary/aromatic N) is 1. The van der Waals surface area contributed by atoms with Crippen LogP contribution >= 0.6 is 23.4 Å². The molecular weight excluding hydrogens is 566 g/mol. The fourth-order valence-corrected chi connectivity index (χ4v) is 9.08. The third kappa shape index (κ3) is 7.27. The second-order valence-electron chi connectivity index (χ2n) is 12.6. The van der Waals surface area contributed by atoms with E-state index in [9.17, 15) is 18.3 Å². The summed E-state index contributed by atoms with van der Waals surface area (Å²) in [7, 11) is -3.77. The Hall–Kier alpha value is -1.52. The number of aromatic nitrogens is 1. The summed E-state index contributed by atoms with van der Waals surface area (Å²) in [6.45, 7) is 10.1. The minimum absolute atomic E-state index is 0.148. The van der Waals surface area contributed by atoms with E-state index < -0.39 is 21.2 Å². The van der Waals surface area contributed by atoms with E-state index >= 15 is 0 Å². The highest BCUT2D eigenvalue weighted by Crippen LogP contribution is 2.38. The Kier molecular flexibility index (Phi) is 9.72. The van der Waals surface area contributed by atoms with Crippen LogP contribution in [0, 0.1) is 19.8 Å². The molecular formula is C30H44ClN3O4S2. The van der Waals surface area contributed by atoms with Crippen molar-refractivity contribution < 1.29 is 18.3 Å². The molecule has 1 aromatic heterocycles. The number of aliphatic hydroxyl groups is 1. The van der Waals surface area contributed by atoms with Crippen molar-refractivity contribution in [1.29, 1.82) is 0 Å². The number of hydrogen-bond acceptors (Lipinski definition) is 5. The Balaban J connectivity index is 1.71. The zero-order chi connectivity index (χ0) is 29.3. The fraction of sp³-hybridized carbons (Fsp3) is 0.633. The second kappa shape index (κ2) is 12.4. The number of thioether (sulfide) groups is 1. The van der Waals surface area contributed by atoms with Gasteiger partial charge in [0.1, 0.15) is 0 Å². The normalized spacial score (nSPS) is 18.6. The number of carbonyl (C=O) groups excluding carboxylic acids is 1. The number of hydrogen-bond donors (Lipinski definition) is 3. The molecule has 0 radical (unpaired) electrons. The third-order valence-corrected chi connectivity index (χ3v) is 11.5. The van der Waals surface area contributed by atoms with Gasteiger partial charge >= 0.3 is 0 Å². The summed E-state index contributed by atoms with van der Waals surface area (Å²) in [6.07, 6.45) is 7.29. The molecule has 1 amide bonds. The van der Waals surface area contributed by atoms with Gasteiger partial charge < -0.3 is 15.0 Å². The number of benzene rings is 1. The van der Waals surface area contributed by atoms with Crippen LogP contribution in [0.2, 0.25) is 5.02 Å². The summed E-state index contributed by atoms with van der Waals surface area (Å²) in [5, 5.41) is 14.3. The van der Waals surface area contributed by atoms with Crippen molar-refractivity contribution in [1.82, 2.24) is 14.6 Å². The topological polar surface area (TPSA) is 100 Å². The number of halogens is 1. The van der Waals surface area contributed by atoms with E-state index in [1.807, 2.05) is 24.8 Å². The van der Waals surface area contributed by atoms with Crippen LogP contribution in [0.4, 0.5) is 0 Å². The number of sulfonamides is 1. The maximum Gasteiger partial charge on any atom is 0.253 e. The molecule has 40 heavy (non-hydrogen) atoms. The van der Waals surface area contributed by atoms with Crippen molar-refractivity contribution in [3.8, 4) is 11.3 Å². The molecule has 0 bridgehead atoms. The highest BCUT2D eigenvalue weighted by atomic mass is 35.5. The predicted molar refractivity (Wildman–Crippen MR) is 165 cm³/mol. The zero-order valence-electron chi connectivity index (χ0n) is 24.4. The lowest BCUT2D eigenvalue weighted by Gasteiger charge is -2.31. The summed E-state index contributed by atoms with van der Waals surface area (Å²) < 4.78 is 31.1. The first kappa shape index (κ1) is 31.4. The number of amides is 1. The summed E-state index contributed by atoms with van der Waals surface area (Å²) in [5.41, 5.74) is 1.89. The van der Waals surface area contributed by atoms with Gasteiger partial charge in [-0.1, -0.05) is 36.9 Å². The van der Waals surface area contributed by atoms with Crippen LogP contribution in [-0.2, 0) is 16.6 Å². The maximum atomic E-state index is 13.4. The largest absolute Gasteiger partial charge is 0.388 e. The van der Waals surface area contributed by atoms with Gasteiger partial charge in [-0.3, -0.25) is 4.79 Å². The molecule has 1 aliphatic heterocycles. The molecule has 10 heteroatoms. The highest BCUT2D eigenvalue weighted by molar-refractivity contribution is 7.99. The number of nitrogens with one attached hydrogen (secondary N) is 2. The molecule has 2 aliphatic rings. The van der Waals surface area contributed by atoms with E-state index in [-0.39, 0.29) is 17.3 Å². The molecule has 3 N–H and O–H groups in total.